The largest absolute Gasteiger partial charge is 0.264 e. The molecule has 0 aliphatic heterocycles. The second kappa shape index (κ2) is 10.3. The van der Waals surface area contributed by atoms with E-state index in [-0.39, 0.29) is 0 Å². The third-order valence-corrected chi connectivity index (χ3v) is 10.7. The van der Waals surface area contributed by atoms with Crippen molar-refractivity contribution in [1.82, 2.24) is 9.97 Å². The van der Waals surface area contributed by atoms with Crippen LogP contribution in [-0.4, -0.2) is 9.97 Å². The second-order valence-electron chi connectivity index (χ2n) is 12.1. The van der Waals surface area contributed by atoms with Crippen LogP contribution in [0.5, 0.6) is 0 Å². The molecule has 3 aromatic heterocycles. The van der Waals surface area contributed by atoms with E-state index in [0.29, 0.717) is 0 Å². The van der Waals surface area contributed by atoms with Crippen molar-refractivity contribution in [3.8, 4) is 33.5 Å². The first-order valence-electron chi connectivity index (χ1n) is 15.9. The Kier molecular flexibility index (Phi) is 5.78. The minimum Gasteiger partial charge on any atom is -0.264 e. The Bertz CT molecular complexity index is 2780. The molecule has 0 aliphatic carbocycles. The maximum absolute atomic E-state index is 5.44. The van der Waals surface area contributed by atoms with Gasteiger partial charge in [0.2, 0.25) is 0 Å². The number of aromatic nitrogens is 2. The van der Waals surface area contributed by atoms with Gasteiger partial charge >= 0.3 is 0 Å². The smallest absolute Gasteiger partial charge is 0.0788 e. The molecule has 7 aromatic carbocycles. The summed E-state index contributed by atoms with van der Waals surface area (Å²) in [6.45, 7) is 0. The molecular weight excluding hydrogens is 589 g/mol. The molecule has 0 atom stereocenters. The molecular formula is C44H26N2S. The van der Waals surface area contributed by atoms with Gasteiger partial charge in [0.25, 0.3) is 0 Å². The average Bonchev–Trinajstić information content (AvgIpc) is 3.53. The number of benzene rings is 7. The Morgan fingerprint density at radius 1 is 0.426 bits per heavy atom. The topological polar surface area (TPSA) is 25.8 Å². The summed E-state index contributed by atoms with van der Waals surface area (Å²) < 4.78 is 2.63. The maximum Gasteiger partial charge on any atom is 0.0788 e. The zero-order chi connectivity index (χ0) is 30.9. The van der Waals surface area contributed by atoms with E-state index in [2.05, 4.69) is 145 Å². The highest BCUT2D eigenvalue weighted by Gasteiger charge is 2.19. The zero-order valence-corrected chi connectivity index (χ0v) is 26.1. The van der Waals surface area contributed by atoms with E-state index in [1.54, 1.807) is 0 Å². The van der Waals surface area contributed by atoms with E-state index in [4.69, 9.17) is 4.98 Å². The fraction of sp³-hybridized carbons (Fsp3) is 0. The summed E-state index contributed by atoms with van der Waals surface area (Å²) >= 11 is 1.88. The van der Waals surface area contributed by atoms with E-state index in [0.717, 1.165) is 27.9 Å². The van der Waals surface area contributed by atoms with Crippen molar-refractivity contribution in [3.05, 3.63) is 158 Å². The van der Waals surface area contributed by atoms with Gasteiger partial charge in [-0.1, -0.05) is 127 Å². The van der Waals surface area contributed by atoms with Crippen molar-refractivity contribution < 1.29 is 0 Å². The Labute approximate surface area is 275 Å². The number of fused-ring (bicyclic) bond motifs is 9. The van der Waals surface area contributed by atoms with Crippen LogP contribution in [0.1, 0.15) is 0 Å². The highest BCUT2D eigenvalue weighted by Crippen LogP contribution is 2.46. The van der Waals surface area contributed by atoms with Crippen molar-refractivity contribution in [1.29, 1.82) is 0 Å². The summed E-state index contributed by atoms with van der Waals surface area (Å²) in [4.78, 5) is 9.92. The van der Waals surface area contributed by atoms with Gasteiger partial charge in [0.1, 0.15) is 0 Å². The molecule has 0 radical (unpaired) electrons. The first-order chi connectivity index (χ1) is 23.3. The van der Waals surface area contributed by atoms with Crippen molar-refractivity contribution in [2.75, 3.05) is 0 Å². The van der Waals surface area contributed by atoms with Crippen LogP contribution >= 0.6 is 11.3 Å². The SMILES string of the molecule is c1ccc(-c2nc3cc(-c4c5ccccc5c(-c5cccnc5)c5ccccc45)ccc3c3c2ccc2c4ccccc4sc23)cc1. The number of nitrogens with zero attached hydrogens (tertiary/aromatic N) is 2. The second-order valence-corrected chi connectivity index (χ2v) is 13.2. The van der Waals surface area contributed by atoms with Gasteiger partial charge in [-0.25, -0.2) is 4.98 Å². The summed E-state index contributed by atoms with van der Waals surface area (Å²) in [5.41, 5.74) is 7.89. The predicted octanol–water partition coefficient (Wildman–Crippen LogP) is 12.5. The average molecular weight is 615 g/mol. The summed E-state index contributed by atoms with van der Waals surface area (Å²) in [7, 11) is 0. The molecule has 2 nitrogen and oxygen atoms in total. The van der Waals surface area contributed by atoms with Gasteiger partial charge in [-0.3, -0.25) is 4.98 Å². The van der Waals surface area contributed by atoms with Crippen molar-refractivity contribution in [2.45, 2.75) is 0 Å². The molecule has 0 spiro atoms. The molecule has 3 heteroatoms. The third-order valence-electron chi connectivity index (χ3n) is 9.52. The van der Waals surface area contributed by atoms with Gasteiger partial charge in [-0.2, -0.15) is 0 Å². The lowest BCUT2D eigenvalue weighted by atomic mass is 9.86. The van der Waals surface area contributed by atoms with Crippen LogP contribution in [-0.2, 0) is 0 Å². The molecule has 0 N–H and O–H groups in total. The number of hydrogen-bond acceptors (Lipinski definition) is 3. The molecule has 218 valence electrons. The highest BCUT2D eigenvalue weighted by molar-refractivity contribution is 7.26. The van der Waals surface area contributed by atoms with Crippen molar-refractivity contribution in [3.63, 3.8) is 0 Å². The molecule has 0 unspecified atom stereocenters. The van der Waals surface area contributed by atoms with Crippen molar-refractivity contribution >= 4 is 74.7 Å². The van der Waals surface area contributed by atoms with E-state index in [1.807, 2.05) is 29.8 Å². The van der Waals surface area contributed by atoms with E-state index in [9.17, 15) is 0 Å². The lowest BCUT2D eigenvalue weighted by Gasteiger charge is -2.18. The lowest BCUT2D eigenvalue weighted by molar-refractivity contribution is 1.33. The van der Waals surface area contributed by atoms with Crippen LogP contribution in [0.4, 0.5) is 0 Å². The summed E-state index contributed by atoms with van der Waals surface area (Å²) in [5.74, 6) is 0. The Balaban J connectivity index is 1.33. The van der Waals surface area contributed by atoms with Gasteiger partial charge in [0, 0.05) is 59.9 Å². The molecule has 0 saturated carbocycles. The fourth-order valence-electron chi connectivity index (χ4n) is 7.50. The van der Waals surface area contributed by atoms with Gasteiger partial charge in [-0.05, 0) is 56.4 Å². The van der Waals surface area contributed by atoms with Crippen LogP contribution in [0.3, 0.4) is 0 Å². The third kappa shape index (κ3) is 3.97. The molecule has 0 bridgehead atoms. The quantitative estimate of drug-likeness (QED) is 0.146. The standard InChI is InChI=1S/C44H26N2S/c1-2-11-27(12-3-1)43-37-23-22-35-30-14-8-9-19-39(30)47-44(35)42(37)36-21-20-28(25-38(36)46-43)40-31-15-4-6-17-33(31)41(29-13-10-24-45-26-29)34-18-7-5-16-32(34)40/h1-26H. The highest BCUT2D eigenvalue weighted by atomic mass is 32.1. The van der Waals surface area contributed by atoms with Crippen LogP contribution in [0.25, 0.3) is 96.9 Å². The molecule has 0 aliphatic rings. The fourth-order valence-corrected chi connectivity index (χ4v) is 8.77. The van der Waals surface area contributed by atoms with Crippen LogP contribution in [0.2, 0.25) is 0 Å². The molecule has 0 fully saturated rings. The summed E-state index contributed by atoms with van der Waals surface area (Å²) in [6, 6.07) is 52.6. The number of thiophene rings is 1. The zero-order valence-electron chi connectivity index (χ0n) is 25.3. The van der Waals surface area contributed by atoms with Gasteiger partial charge in [0.05, 0.1) is 11.2 Å². The monoisotopic (exact) mass is 614 g/mol. The minimum absolute atomic E-state index is 1.00. The minimum atomic E-state index is 1.00. The van der Waals surface area contributed by atoms with Crippen LogP contribution in [0, 0.1) is 0 Å². The Morgan fingerprint density at radius 2 is 1.02 bits per heavy atom. The van der Waals surface area contributed by atoms with Gasteiger partial charge in [0.15, 0.2) is 0 Å². The molecule has 0 saturated heterocycles. The van der Waals surface area contributed by atoms with Crippen LogP contribution < -0.4 is 0 Å². The first kappa shape index (κ1) is 26.3. The summed E-state index contributed by atoms with van der Waals surface area (Å²) in [5, 5.41) is 11.1. The van der Waals surface area contributed by atoms with Gasteiger partial charge in [-0.15, -0.1) is 11.3 Å². The molecule has 10 aromatic rings. The van der Waals surface area contributed by atoms with E-state index in [1.165, 1.54) is 69.0 Å². The molecule has 10 rings (SSSR count). The first-order valence-corrected chi connectivity index (χ1v) is 16.7. The molecule has 0 amide bonds. The maximum atomic E-state index is 5.44. The van der Waals surface area contributed by atoms with E-state index >= 15 is 0 Å². The number of pyridine rings is 2. The number of rotatable bonds is 3. The van der Waals surface area contributed by atoms with Gasteiger partial charge < -0.3 is 0 Å². The summed E-state index contributed by atoms with van der Waals surface area (Å²) in [6.07, 6.45) is 3.81. The number of hydrogen-bond donors (Lipinski definition) is 0. The Hall–Kier alpha value is -5.90. The Morgan fingerprint density at radius 3 is 1.72 bits per heavy atom. The normalized spacial score (nSPS) is 11.8. The lowest BCUT2D eigenvalue weighted by Crippen LogP contribution is -1.93. The van der Waals surface area contributed by atoms with E-state index < -0.39 is 0 Å². The predicted molar refractivity (Wildman–Crippen MR) is 201 cm³/mol. The molecule has 47 heavy (non-hydrogen) atoms. The van der Waals surface area contributed by atoms with Crippen LogP contribution in [0.15, 0.2) is 158 Å². The van der Waals surface area contributed by atoms with Crippen molar-refractivity contribution in [2.24, 2.45) is 0 Å². The molecule has 3 heterocycles.